The summed E-state index contributed by atoms with van der Waals surface area (Å²) in [6.45, 7) is 0. The van der Waals surface area contributed by atoms with Crippen LogP contribution < -0.4 is 0 Å². The molecule has 2 aromatic rings. The lowest BCUT2D eigenvalue weighted by Gasteiger charge is -2.05. The Morgan fingerprint density at radius 1 is 1.38 bits per heavy atom. The van der Waals surface area contributed by atoms with Gasteiger partial charge in [0, 0.05) is 11.8 Å². The van der Waals surface area contributed by atoms with E-state index < -0.39 is 18.4 Å². The van der Waals surface area contributed by atoms with Gasteiger partial charge in [-0.2, -0.15) is 18.3 Å². The molecule has 0 unspecified atom stereocenters. The average Bonchev–Trinajstić information content (AvgIpc) is 2.65. The highest BCUT2D eigenvalue weighted by molar-refractivity contribution is 5.91. The number of rotatable bonds is 2. The lowest BCUT2D eigenvalue weighted by Crippen LogP contribution is -2.24. The van der Waals surface area contributed by atoms with Crippen molar-refractivity contribution in [2.45, 2.75) is 12.6 Å². The summed E-state index contributed by atoms with van der Waals surface area (Å²) in [4.78, 5) is 10.8. The van der Waals surface area contributed by atoms with Crippen molar-refractivity contribution in [2.75, 3.05) is 0 Å². The van der Waals surface area contributed by atoms with Gasteiger partial charge < -0.3 is 0 Å². The molecule has 2 rings (SSSR count). The maximum absolute atomic E-state index is 12.1. The van der Waals surface area contributed by atoms with E-state index in [0.717, 1.165) is 0 Å². The van der Waals surface area contributed by atoms with Gasteiger partial charge in [-0.1, -0.05) is 18.2 Å². The molecule has 0 aliphatic rings. The summed E-state index contributed by atoms with van der Waals surface area (Å²) in [5.41, 5.74) is 0.775. The Labute approximate surface area is 88.3 Å². The van der Waals surface area contributed by atoms with Crippen LogP contribution in [0.25, 0.3) is 10.9 Å². The average molecular weight is 228 g/mol. The smallest absolute Gasteiger partial charge is 0.289 e. The van der Waals surface area contributed by atoms with Crippen LogP contribution in [0.2, 0.25) is 0 Å². The van der Waals surface area contributed by atoms with E-state index in [-0.39, 0.29) is 0 Å². The zero-order chi connectivity index (χ0) is 11.8. The van der Waals surface area contributed by atoms with Crippen LogP contribution in [0.3, 0.4) is 0 Å². The monoisotopic (exact) mass is 228 g/mol. The van der Waals surface area contributed by atoms with E-state index in [4.69, 9.17) is 0 Å². The summed E-state index contributed by atoms with van der Waals surface area (Å²) in [6.07, 6.45) is -3.96. The second-order valence-electron chi connectivity index (χ2n) is 3.35. The molecule has 1 aromatic carbocycles. The number of hydrogen-bond donors (Lipinski definition) is 1. The first-order valence-corrected chi connectivity index (χ1v) is 4.49. The minimum atomic E-state index is -4.79. The minimum Gasteiger partial charge on any atom is -0.289 e. The van der Waals surface area contributed by atoms with Crippen molar-refractivity contribution >= 4 is 16.7 Å². The molecule has 0 saturated heterocycles. The molecule has 0 amide bonds. The number of carbonyl (C=O) groups excluding carboxylic acids is 1. The third-order valence-electron chi connectivity index (χ3n) is 2.23. The molecule has 0 atom stereocenters. The van der Waals surface area contributed by atoms with Gasteiger partial charge in [0.15, 0.2) is 0 Å². The summed E-state index contributed by atoms with van der Waals surface area (Å²) in [5.74, 6) is -1.76. The SMILES string of the molecule is O=C(Cc1cccc2cn[nH]c12)C(F)(F)F. The van der Waals surface area contributed by atoms with Gasteiger partial charge in [0.1, 0.15) is 0 Å². The Balaban J connectivity index is 2.35. The number of nitrogens with zero attached hydrogens (tertiary/aromatic N) is 1. The normalized spacial score (nSPS) is 11.9. The molecule has 0 aliphatic heterocycles. The number of para-hydroxylation sites is 1. The largest absolute Gasteiger partial charge is 0.450 e. The number of H-pyrrole nitrogens is 1. The fraction of sp³-hybridized carbons (Fsp3) is 0.200. The molecule has 1 N–H and O–H groups in total. The molecule has 0 saturated carbocycles. The van der Waals surface area contributed by atoms with Gasteiger partial charge in [0.05, 0.1) is 11.7 Å². The first kappa shape index (κ1) is 10.7. The van der Waals surface area contributed by atoms with Crippen LogP contribution in [-0.4, -0.2) is 22.2 Å². The standard InChI is InChI=1S/C10H7F3N2O/c11-10(12,13)8(16)4-6-2-1-3-7-5-14-15-9(6)7/h1-3,5H,4H2,(H,14,15). The molecule has 0 bridgehead atoms. The molecule has 0 radical (unpaired) electrons. The number of aromatic amines is 1. The summed E-state index contributed by atoms with van der Waals surface area (Å²) in [5, 5.41) is 6.98. The van der Waals surface area contributed by atoms with Gasteiger partial charge in [-0.05, 0) is 5.56 Å². The first-order chi connectivity index (χ1) is 7.48. The van der Waals surface area contributed by atoms with Crippen molar-refractivity contribution in [3.05, 3.63) is 30.0 Å². The number of ketones is 1. The Kier molecular flexibility index (Phi) is 2.41. The summed E-state index contributed by atoms with van der Waals surface area (Å²) < 4.78 is 36.3. The highest BCUT2D eigenvalue weighted by atomic mass is 19.4. The number of halogens is 3. The molecule has 0 aliphatic carbocycles. The van der Waals surface area contributed by atoms with Gasteiger partial charge in [0.2, 0.25) is 5.78 Å². The second-order valence-corrected chi connectivity index (χ2v) is 3.35. The predicted octanol–water partition coefficient (Wildman–Crippen LogP) is 2.24. The van der Waals surface area contributed by atoms with Crippen molar-refractivity contribution in [3.8, 4) is 0 Å². The number of carbonyl (C=O) groups is 1. The zero-order valence-corrected chi connectivity index (χ0v) is 8.01. The summed E-state index contributed by atoms with van der Waals surface area (Å²) in [7, 11) is 0. The Bertz CT molecular complexity index is 530. The number of alkyl halides is 3. The van der Waals surface area contributed by atoms with Gasteiger partial charge in [-0.3, -0.25) is 9.89 Å². The van der Waals surface area contributed by atoms with Crippen LogP contribution >= 0.6 is 0 Å². The van der Waals surface area contributed by atoms with E-state index in [1.54, 1.807) is 12.1 Å². The van der Waals surface area contributed by atoms with Crippen LogP contribution in [0.15, 0.2) is 24.4 Å². The zero-order valence-electron chi connectivity index (χ0n) is 8.01. The Morgan fingerprint density at radius 3 is 2.81 bits per heavy atom. The number of fused-ring (bicyclic) bond motifs is 1. The van der Waals surface area contributed by atoms with Crippen LogP contribution in [0.4, 0.5) is 13.2 Å². The molecule has 84 valence electrons. The molecule has 1 heterocycles. The topological polar surface area (TPSA) is 45.8 Å². The van der Waals surface area contributed by atoms with Crippen molar-refractivity contribution in [2.24, 2.45) is 0 Å². The maximum atomic E-state index is 12.1. The Hall–Kier alpha value is -1.85. The van der Waals surface area contributed by atoms with Gasteiger partial charge in [0.25, 0.3) is 0 Å². The van der Waals surface area contributed by atoms with Gasteiger partial charge >= 0.3 is 6.18 Å². The number of Topliss-reactive ketones (excluding diaryl/α,β-unsaturated/α-hetero) is 1. The van der Waals surface area contributed by atoms with Crippen LogP contribution in [-0.2, 0) is 11.2 Å². The van der Waals surface area contributed by atoms with Crippen LogP contribution in [0.1, 0.15) is 5.56 Å². The maximum Gasteiger partial charge on any atom is 0.450 e. The molecule has 3 nitrogen and oxygen atoms in total. The molecule has 6 heteroatoms. The predicted molar refractivity (Wildman–Crippen MR) is 50.9 cm³/mol. The number of benzene rings is 1. The van der Waals surface area contributed by atoms with Crippen molar-refractivity contribution < 1.29 is 18.0 Å². The number of hydrogen-bond acceptors (Lipinski definition) is 2. The molecular formula is C10H7F3N2O. The minimum absolute atomic E-state index is 0.303. The van der Waals surface area contributed by atoms with Gasteiger partial charge in [-0.25, -0.2) is 0 Å². The van der Waals surface area contributed by atoms with E-state index in [1.165, 1.54) is 12.3 Å². The fourth-order valence-corrected chi connectivity index (χ4v) is 1.45. The molecule has 1 aromatic heterocycles. The van der Waals surface area contributed by atoms with E-state index in [9.17, 15) is 18.0 Å². The van der Waals surface area contributed by atoms with E-state index in [1.807, 2.05) is 0 Å². The Morgan fingerprint density at radius 2 is 2.12 bits per heavy atom. The molecule has 0 fully saturated rings. The second kappa shape index (κ2) is 3.62. The molecule has 0 spiro atoms. The summed E-state index contributed by atoms with van der Waals surface area (Å²) in [6, 6.07) is 4.78. The fourth-order valence-electron chi connectivity index (χ4n) is 1.45. The van der Waals surface area contributed by atoms with E-state index in [0.29, 0.717) is 16.5 Å². The van der Waals surface area contributed by atoms with E-state index in [2.05, 4.69) is 10.2 Å². The lowest BCUT2D eigenvalue weighted by atomic mass is 10.1. The van der Waals surface area contributed by atoms with E-state index >= 15 is 0 Å². The number of nitrogens with one attached hydrogen (secondary N) is 1. The third kappa shape index (κ3) is 1.91. The van der Waals surface area contributed by atoms with Crippen molar-refractivity contribution in [1.82, 2.24) is 10.2 Å². The number of aromatic nitrogens is 2. The van der Waals surface area contributed by atoms with Crippen LogP contribution in [0.5, 0.6) is 0 Å². The van der Waals surface area contributed by atoms with Crippen LogP contribution in [0, 0.1) is 0 Å². The van der Waals surface area contributed by atoms with Crippen molar-refractivity contribution in [3.63, 3.8) is 0 Å². The lowest BCUT2D eigenvalue weighted by molar-refractivity contribution is -0.170. The van der Waals surface area contributed by atoms with Crippen molar-refractivity contribution in [1.29, 1.82) is 0 Å². The van der Waals surface area contributed by atoms with Gasteiger partial charge in [-0.15, -0.1) is 0 Å². The quantitative estimate of drug-likeness (QED) is 0.856. The molecular weight excluding hydrogens is 221 g/mol. The summed E-state index contributed by atoms with van der Waals surface area (Å²) >= 11 is 0. The highest BCUT2D eigenvalue weighted by Crippen LogP contribution is 2.22. The molecule has 16 heavy (non-hydrogen) atoms. The third-order valence-corrected chi connectivity index (χ3v) is 2.23. The first-order valence-electron chi connectivity index (χ1n) is 4.49. The highest BCUT2D eigenvalue weighted by Gasteiger charge is 2.38.